The van der Waals surface area contributed by atoms with Crippen molar-refractivity contribution in [2.75, 3.05) is 12.9 Å². The minimum Gasteiger partial charge on any atom is -0.461 e. The molecule has 5 atom stereocenters. The van der Waals surface area contributed by atoms with E-state index < -0.39 is 37.3 Å². The number of thioether (sulfide) groups is 1. The standard InChI is InChI=1S/C21H26O6S/c1-12-4-3-5-14(10-13-6-8-15(28-2)9-7-13)20(12)27-21-19(25)18(24)17(23)16(11-22)26-21/h3-9,16-19,21-25H,10-11H2,1-2H3/t16-,17-,18+,19-,21+/m1/s1. The highest BCUT2D eigenvalue weighted by molar-refractivity contribution is 7.98. The predicted molar refractivity (Wildman–Crippen MR) is 107 cm³/mol. The first kappa shape index (κ1) is 21.1. The SMILES string of the molecule is CSc1ccc(Cc2cccc(C)c2O[C@@H]2O[C@H](CO)[C@@H](O)[C@H](O)[C@H]2O)cc1. The fourth-order valence-corrected chi connectivity index (χ4v) is 3.67. The molecule has 4 N–H and O–H groups in total. The molecule has 0 spiro atoms. The number of hydrogen-bond acceptors (Lipinski definition) is 7. The smallest absolute Gasteiger partial charge is 0.229 e. The zero-order valence-corrected chi connectivity index (χ0v) is 16.7. The van der Waals surface area contributed by atoms with E-state index in [0.29, 0.717) is 12.2 Å². The maximum Gasteiger partial charge on any atom is 0.229 e. The zero-order valence-electron chi connectivity index (χ0n) is 15.9. The van der Waals surface area contributed by atoms with Crippen LogP contribution in [0.2, 0.25) is 0 Å². The number of aliphatic hydroxyl groups is 4. The number of para-hydroxylation sites is 1. The lowest BCUT2D eigenvalue weighted by Crippen LogP contribution is -2.60. The zero-order chi connectivity index (χ0) is 20.3. The Labute approximate surface area is 168 Å². The molecule has 152 valence electrons. The van der Waals surface area contributed by atoms with Gasteiger partial charge in [-0.3, -0.25) is 0 Å². The topological polar surface area (TPSA) is 99.4 Å². The van der Waals surface area contributed by atoms with Gasteiger partial charge < -0.3 is 29.9 Å². The summed E-state index contributed by atoms with van der Waals surface area (Å²) in [6.45, 7) is 1.40. The number of benzene rings is 2. The Bertz CT molecular complexity index is 779. The molecule has 1 aliphatic rings. The van der Waals surface area contributed by atoms with E-state index in [1.54, 1.807) is 11.8 Å². The summed E-state index contributed by atoms with van der Waals surface area (Å²) < 4.78 is 11.4. The van der Waals surface area contributed by atoms with E-state index in [2.05, 4.69) is 24.3 Å². The summed E-state index contributed by atoms with van der Waals surface area (Å²) in [6, 6.07) is 14.0. The second kappa shape index (κ2) is 9.26. The van der Waals surface area contributed by atoms with Gasteiger partial charge in [-0.05, 0) is 42.0 Å². The van der Waals surface area contributed by atoms with Crippen LogP contribution in [0.25, 0.3) is 0 Å². The first-order chi connectivity index (χ1) is 13.4. The lowest BCUT2D eigenvalue weighted by atomic mass is 9.99. The fraction of sp³-hybridized carbons (Fsp3) is 0.429. The summed E-state index contributed by atoms with van der Waals surface area (Å²) in [5.41, 5.74) is 2.88. The Morgan fingerprint density at radius 2 is 1.71 bits per heavy atom. The first-order valence-electron chi connectivity index (χ1n) is 9.13. The summed E-state index contributed by atoms with van der Waals surface area (Å²) in [6.07, 6.45) is -3.87. The molecule has 3 rings (SSSR count). The van der Waals surface area contributed by atoms with Gasteiger partial charge in [0.15, 0.2) is 0 Å². The molecule has 0 saturated carbocycles. The van der Waals surface area contributed by atoms with Crippen molar-refractivity contribution >= 4 is 11.8 Å². The Morgan fingerprint density at radius 3 is 2.36 bits per heavy atom. The van der Waals surface area contributed by atoms with Gasteiger partial charge in [0.1, 0.15) is 30.2 Å². The molecular formula is C21H26O6S. The summed E-state index contributed by atoms with van der Waals surface area (Å²) >= 11 is 1.68. The molecule has 0 bridgehead atoms. The maximum absolute atomic E-state index is 10.3. The second-order valence-electron chi connectivity index (χ2n) is 6.90. The average Bonchev–Trinajstić information content (AvgIpc) is 2.71. The minimum atomic E-state index is -1.47. The summed E-state index contributed by atoms with van der Waals surface area (Å²) in [7, 11) is 0. The molecule has 7 heteroatoms. The van der Waals surface area contributed by atoms with E-state index in [-0.39, 0.29) is 0 Å². The average molecular weight is 407 g/mol. The Hall–Kier alpha value is -1.61. The molecule has 0 unspecified atom stereocenters. The summed E-state index contributed by atoms with van der Waals surface area (Å²) in [4.78, 5) is 1.19. The highest BCUT2D eigenvalue weighted by Gasteiger charge is 2.44. The maximum atomic E-state index is 10.3. The first-order valence-corrected chi connectivity index (χ1v) is 10.4. The largest absolute Gasteiger partial charge is 0.461 e. The molecule has 0 aliphatic carbocycles. The molecule has 0 amide bonds. The van der Waals surface area contributed by atoms with Gasteiger partial charge in [-0.25, -0.2) is 0 Å². The molecular weight excluding hydrogens is 380 g/mol. The van der Waals surface area contributed by atoms with Gasteiger partial charge in [-0.1, -0.05) is 30.3 Å². The van der Waals surface area contributed by atoms with Crippen LogP contribution >= 0.6 is 11.8 Å². The molecule has 0 radical (unpaired) electrons. The minimum absolute atomic E-state index is 0.493. The number of aliphatic hydroxyl groups excluding tert-OH is 4. The lowest BCUT2D eigenvalue weighted by Gasteiger charge is -2.40. The van der Waals surface area contributed by atoms with E-state index in [0.717, 1.165) is 16.7 Å². The fourth-order valence-electron chi connectivity index (χ4n) is 3.27. The second-order valence-corrected chi connectivity index (χ2v) is 7.78. The van der Waals surface area contributed by atoms with Crippen LogP contribution in [0.1, 0.15) is 16.7 Å². The van der Waals surface area contributed by atoms with Crippen LogP contribution < -0.4 is 4.74 Å². The van der Waals surface area contributed by atoms with Crippen LogP contribution in [0.15, 0.2) is 47.4 Å². The van der Waals surface area contributed by atoms with Crippen LogP contribution in [0.5, 0.6) is 5.75 Å². The van der Waals surface area contributed by atoms with Crippen LogP contribution in [0.4, 0.5) is 0 Å². The highest BCUT2D eigenvalue weighted by Crippen LogP contribution is 2.31. The van der Waals surface area contributed by atoms with Crippen LogP contribution in [-0.4, -0.2) is 64.0 Å². The van der Waals surface area contributed by atoms with Crippen LogP contribution in [0, 0.1) is 6.92 Å². The Morgan fingerprint density at radius 1 is 1.00 bits per heavy atom. The van der Waals surface area contributed by atoms with Crippen molar-refractivity contribution < 1.29 is 29.9 Å². The summed E-state index contributed by atoms with van der Waals surface area (Å²) in [5, 5.41) is 39.6. The lowest BCUT2D eigenvalue weighted by molar-refractivity contribution is -0.277. The molecule has 2 aromatic rings. The van der Waals surface area contributed by atoms with Gasteiger partial charge in [0, 0.05) is 11.3 Å². The van der Waals surface area contributed by atoms with Crippen molar-refractivity contribution in [2.24, 2.45) is 0 Å². The van der Waals surface area contributed by atoms with Crippen molar-refractivity contribution in [1.29, 1.82) is 0 Å². The van der Waals surface area contributed by atoms with E-state index in [1.165, 1.54) is 4.90 Å². The van der Waals surface area contributed by atoms with Crippen LogP contribution in [0.3, 0.4) is 0 Å². The molecule has 0 aromatic heterocycles. The Kier molecular flexibility index (Phi) is 6.98. The Balaban J connectivity index is 1.83. The van der Waals surface area contributed by atoms with E-state index >= 15 is 0 Å². The van der Waals surface area contributed by atoms with Gasteiger partial charge in [0.05, 0.1) is 6.61 Å². The van der Waals surface area contributed by atoms with Gasteiger partial charge in [0.2, 0.25) is 6.29 Å². The number of rotatable bonds is 6. The third kappa shape index (κ3) is 4.51. The third-order valence-corrected chi connectivity index (χ3v) is 5.67. The van der Waals surface area contributed by atoms with E-state index in [1.807, 2.05) is 31.4 Å². The molecule has 2 aromatic carbocycles. The van der Waals surface area contributed by atoms with Crippen molar-refractivity contribution in [3.05, 3.63) is 59.2 Å². The highest BCUT2D eigenvalue weighted by atomic mass is 32.2. The van der Waals surface area contributed by atoms with Gasteiger partial charge >= 0.3 is 0 Å². The predicted octanol–water partition coefficient (Wildman–Crippen LogP) is 1.49. The monoisotopic (exact) mass is 406 g/mol. The molecule has 1 saturated heterocycles. The number of hydrogen-bond donors (Lipinski definition) is 4. The van der Waals surface area contributed by atoms with Crippen LogP contribution in [-0.2, 0) is 11.2 Å². The van der Waals surface area contributed by atoms with Gasteiger partial charge in [0.25, 0.3) is 0 Å². The number of ether oxygens (including phenoxy) is 2. The molecule has 1 aliphatic heterocycles. The number of aryl methyl sites for hydroxylation is 1. The van der Waals surface area contributed by atoms with Crippen molar-refractivity contribution in [3.63, 3.8) is 0 Å². The van der Waals surface area contributed by atoms with Crippen molar-refractivity contribution in [1.82, 2.24) is 0 Å². The van der Waals surface area contributed by atoms with Crippen molar-refractivity contribution in [3.8, 4) is 5.75 Å². The quantitative estimate of drug-likeness (QED) is 0.540. The normalized spacial score (nSPS) is 27.6. The molecule has 28 heavy (non-hydrogen) atoms. The van der Waals surface area contributed by atoms with Crippen molar-refractivity contribution in [2.45, 2.75) is 48.9 Å². The van der Waals surface area contributed by atoms with E-state index in [9.17, 15) is 20.4 Å². The summed E-state index contributed by atoms with van der Waals surface area (Å²) in [5.74, 6) is 0.556. The van der Waals surface area contributed by atoms with E-state index in [4.69, 9.17) is 9.47 Å². The molecule has 1 heterocycles. The molecule has 1 fully saturated rings. The third-order valence-electron chi connectivity index (χ3n) is 4.93. The van der Waals surface area contributed by atoms with Gasteiger partial charge in [-0.2, -0.15) is 0 Å². The van der Waals surface area contributed by atoms with Gasteiger partial charge in [-0.15, -0.1) is 11.8 Å². The molecule has 6 nitrogen and oxygen atoms in total.